The first-order chi connectivity index (χ1) is 11.7. The van der Waals surface area contributed by atoms with E-state index in [0.29, 0.717) is 0 Å². The van der Waals surface area contributed by atoms with Crippen molar-refractivity contribution in [1.82, 2.24) is 9.91 Å². The molecule has 0 aromatic heterocycles. The maximum absolute atomic E-state index is 12.3. The predicted octanol–water partition coefficient (Wildman–Crippen LogP) is 1.23. The number of carbonyl (C=O) groups excluding carboxylic acids is 2. The highest BCUT2D eigenvalue weighted by molar-refractivity contribution is 6.21. The molecule has 0 saturated heterocycles. The SMILES string of the molecule is CC(O/N=[N+](\[O-])N(CC(=O)O)C(C)C)N1C(=O)c2ccccc2C1=O. The molecule has 0 spiro atoms. The number of nitrogens with zero attached hydrogens (tertiary/aromatic N) is 4. The van der Waals surface area contributed by atoms with Crippen LogP contribution in [0, 0.1) is 5.21 Å². The lowest BCUT2D eigenvalue weighted by Gasteiger charge is -2.22. The van der Waals surface area contributed by atoms with Crippen molar-refractivity contribution in [3.63, 3.8) is 0 Å². The first kappa shape index (κ1) is 18.2. The van der Waals surface area contributed by atoms with Crippen molar-refractivity contribution >= 4 is 17.8 Å². The molecular weight excluding hydrogens is 332 g/mol. The second kappa shape index (κ2) is 7.16. The smallest absolute Gasteiger partial charge is 0.329 e. The number of carboxylic acids is 1. The second-order valence-corrected chi connectivity index (χ2v) is 5.65. The number of hydrogen-bond acceptors (Lipinski definition) is 6. The van der Waals surface area contributed by atoms with Gasteiger partial charge in [0.1, 0.15) is 0 Å². The van der Waals surface area contributed by atoms with Gasteiger partial charge in [0.05, 0.1) is 22.1 Å². The van der Waals surface area contributed by atoms with Crippen LogP contribution in [0.3, 0.4) is 0 Å². The van der Waals surface area contributed by atoms with Crippen LogP contribution in [0.2, 0.25) is 0 Å². The lowest BCUT2D eigenvalue weighted by Crippen LogP contribution is -2.42. The van der Waals surface area contributed by atoms with Crippen LogP contribution >= 0.6 is 0 Å². The van der Waals surface area contributed by atoms with Gasteiger partial charge >= 0.3 is 5.97 Å². The van der Waals surface area contributed by atoms with Crippen LogP contribution < -0.4 is 0 Å². The Bertz CT molecular complexity index is 697. The molecule has 1 aliphatic rings. The maximum atomic E-state index is 12.3. The summed E-state index contributed by atoms with van der Waals surface area (Å²) in [4.78, 5) is 41.2. The largest absolute Gasteiger partial charge is 0.569 e. The maximum Gasteiger partial charge on any atom is 0.329 e. The molecule has 0 bridgehead atoms. The molecule has 1 N–H and O–H groups in total. The third-order valence-electron chi connectivity index (χ3n) is 3.57. The third-order valence-corrected chi connectivity index (χ3v) is 3.57. The second-order valence-electron chi connectivity index (χ2n) is 5.65. The molecule has 0 fully saturated rings. The number of carboxylic acid groups (broad SMARTS) is 1. The van der Waals surface area contributed by atoms with Crippen LogP contribution in [0.1, 0.15) is 41.5 Å². The number of hydrazine groups is 1. The van der Waals surface area contributed by atoms with E-state index in [1.807, 2.05) is 0 Å². The van der Waals surface area contributed by atoms with Crippen molar-refractivity contribution in [2.45, 2.75) is 33.0 Å². The monoisotopic (exact) mass is 350 g/mol. The molecule has 2 amide bonds. The quantitative estimate of drug-likeness (QED) is 0.339. The average molecular weight is 350 g/mol. The molecule has 1 unspecified atom stereocenters. The van der Waals surface area contributed by atoms with Crippen LogP contribution in [0.5, 0.6) is 0 Å². The molecule has 0 aliphatic carbocycles. The molecule has 1 heterocycles. The summed E-state index contributed by atoms with van der Waals surface area (Å²) in [6, 6.07) is 5.86. The topological polar surface area (TPSA) is 126 Å². The molecule has 10 nitrogen and oxygen atoms in total. The van der Waals surface area contributed by atoms with E-state index in [0.717, 1.165) is 9.91 Å². The van der Waals surface area contributed by atoms with Crippen LogP contribution in [-0.2, 0) is 9.63 Å². The van der Waals surface area contributed by atoms with Gasteiger partial charge in [-0.2, -0.15) is 0 Å². The highest BCUT2D eigenvalue weighted by Gasteiger charge is 2.39. The van der Waals surface area contributed by atoms with Crippen LogP contribution in [0.15, 0.2) is 29.5 Å². The molecular formula is C15H18N4O6. The number of fused-ring (bicyclic) bond motifs is 1. The average Bonchev–Trinajstić information content (AvgIpc) is 2.81. The first-order valence-corrected chi connectivity index (χ1v) is 7.53. The Morgan fingerprint density at radius 2 is 1.80 bits per heavy atom. The molecule has 1 aromatic carbocycles. The summed E-state index contributed by atoms with van der Waals surface area (Å²) < 4.78 is 0. The number of carbonyl (C=O) groups is 3. The Morgan fingerprint density at radius 1 is 1.28 bits per heavy atom. The minimum Gasteiger partial charge on any atom is -0.569 e. The molecule has 1 aliphatic heterocycles. The minimum absolute atomic E-state index is 0.00649. The lowest BCUT2D eigenvalue weighted by molar-refractivity contribution is -0.716. The molecule has 10 heteroatoms. The van der Waals surface area contributed by atoms with Gasteiger partial charge in [-0.1, -0.05) is 12.1 Å². The number of rotatable bonds is 7. The number of hydrogen-bond donors (Lipinski definition) is 1. The Morgan fingerprint density at radius 3 is 2.24 bits per heavy atom. The lowest BCUT2D eigenvalue weighted by atomic mass is 10.1. The zero-order valence-electron chi connectivity index (χ0n) is 13.9. The fourth-order valence-electron chi connectivity index (χ4n) is 2.32. The van der Waals surface area contributed by atoms with Gasteiger partial charge in [0.15, 0.2) is 6.54 Å². The number of aliphatic carboxylic acids is 1. The highest BCUT2D eigenvalue weighted by Crippen LogP contribution is 2.24. The van der Waals surface area contributed by atoms with E-state index in [9.17, 15) is 19.6 Å². The standard InChI is InChI=1S/C15H18N4O6/c1-9(2)17(8-13(20)21)19(24)16-25-10(3)18-14(22)11-6-4-5-7-12(11)15(18)23/h4-7,9-10H,8H2,1-3H3,(H,20,21)/b19-16-. The Balaban J connectivity index is 2.12. The number of imide groups is 1. The molecule has 1 atom stereocenters. The van der Waals surface area contributed by atoms with Crippen molar-refractivity contribution < 1.29 is 29.3 Å². The van der Waals surface area contributed by atoms with E-state index in [4.69, 9.17) is 9.94 Å². The van der Waals surface area contributed by atoms with Crippen molar-refractivity contribution in [2.75, 3.05) is 6.54 Å². The van der Waals surface area contributed by atoms with Gasteiger partial charge < -0.3 is 15.2 Å². The first-order valence-electron chi connectivity index (χ1n) is 7.53. The fourth-order valence-corrected chi connectivity index (χ4v) is 2.32. The third kappa shape index (κ3) is 3.67. The molecule has 0 radical (unpaired) electrons. The molecule has 25 heavy (non-hydrogen) atoms. The molecule has 1 aromatic rings. The predicted molar refractivity (Wildman–Crippen MR) is 83.0 cm³/mol. The van der Waals surface area contributed by atoms with Gasteiger partial charge in [0.2, 0.25) is 11.5 Å². The van der Waals surface area contributed by atoms with Gasteiger partial charge in [0.25, 0.3) is 11.8 Å². The van der Waals surface area contributed by atoms with Gasteiger partial charge in [-0.15, -0.1) is 5.01 Å². The zero-order chi connectivity index (χ0) is 18.7. The van der Waals surface area contributed by atoms with Gasteiger partial charge in [0, 0.05) is 0 Å². The Labute approximate surface area is 143 Å². The minimum atomic E-state index is -1.21. The summed E-state index contributed by atoms with van der Waals surface area (Å²) >= 11 is 0. The van der Waals surface area contributed by atoms with E-state index in [1.54, 1.807) is 26.0 Å². The summed E-state index contributed by atoms with van der Waals surface area (Å²) in [5.41, 5.74) is 0.494. The molecule has 0 saturated carbocycles. The van der Waals surface area contributed by atoms with Gasteiger partial charge in [-0.05, 0) is 32.9 Å². The van der Waals surface area contributed by atoms with E-state index in [1.165, 1.54) is 19.1 Å². The summed E-state index contributed by atoms with van der Waals surface area (Å²) in [5.74, 6) is -2.31. The van der Waals surface area contributed by atoms with Crippen LogP contribution in [0.25, 0.3) is 0 Å². The molecule has 2 rings (SSSR count). The summed E-state index contributed by atoms with van der Waals surface area (Å²) in [5, 5.41) is 24.9. The van der Waals surface area contributed by atoms with Crippen LogP contribution in [0.4, 0.5) is 0 Å². The Kier molecular flexibility index (Phi) is 5.20. The zero-order valence-corrected chi connectivity index (χ0v) is 13.9. The van der Waals surface area contributed by atoms with E-state index < -0.39 is 36.6 Å². The Hall–Kier alpha value is -3.17. The summed E-state index contributed by atoms with van der Waals surface area (Å²) in [7, 11) is 0. The molecule has 134 valence electrons. The van der Waals surface area contributed by atoms with Crippen molar-refractivity contribution in [1.29, 1.82) is 0 Å². The normalized spacial score (nSPS) is 15.4. The van der Waals surface area contributed by atoms with E-state index in [-0.39, 0.29) is 16.1 Å². The van der Waals surface area contributed by atoms with Crippen molar-refractivity contribution in [3.8, 4) is 0 Å². The van der Waals surface area contributed by atoms with Crippen LogP contribution in [-0.4, -0.2) is 56.6 Å². The van der Waals surface area contributed by atoms with Gasteiger partial charge in [-0.25, -0.2) is 4.90 Å². The van der Waals surface area contributed by atoms with Gasteiger partial charge in [-0.3, -0.25) is 14.4 Å². The fraction of sp³-hybridized carbons (Fsp3) is 0.400. The number of amides is 2. The summed E-state index contributed by atoms with van der Waals surface area (Å²) in [6.07, 6.45) is -1.14. The van der Waals surface area contributed by atoms with E-state index in [2.05, 4.69) is 5.28 Å². The van der Waals surface area contributed by atoms with Crippen molar-refractivity contribution in [3.05, 3.63) is 40.6 Å². The van der Waals surface area contributed by atoms with E-state index >= 15 is 0 Å². The highest BCUT2D eigenvalue weighted by atomic mass is 16.7. The summed E-state index contributed by atoms with van der Waals surface area (Å²) in [6.45, 7) is 4.03. The number of benzene rings is 1. The van der Waals surface area contributed by atoms with Crippen molar-refractivity contribution in [2.24, 2.45) is 5.28 Å².